The zero-order chi connectivity index (χ0) is 55.5. The number of anilines is 1. The molecule has 5 aliphatic carbocycles. The molecule has 13 atom stereocenters. The molecule has 76 heavy (non-hydrogen) atoms. The average Bonchev–Trinajstić information content (AvgIpc) is 3.39. The maximum absolute atomic E-state index is 14.7. The number of allylic oxidation sites excluding steroid dienone is 2. The topological polar surface area (TPSA) is 321 Å². The Morgan fingerprint density at radius 1 is 0.829 bits per heavy atom. The molecule has 4 saturated carbocycles. The molecule has 24 nitrogen and oxygen atoms in total. The molecule has 1 aromatic rings. The van der Waals surface area contributed by atoms with E-state index in [9.17, 15) is 60.2 Å². The SMILES string of the molecule is CCC(=O)ON1CCN(/[N+]([O-])=N\Oc2cc(NCCC(=O)O[C@H]3CC[C@]4(C)[C@H]5CC=C6[C@@H]7CC(C)(C)CC[C@]7(C(=O)O[C@@H]7O[C@H](CO)[C@H](O)[C@H](O)[C@H]7O)CC[C@@]6(C)[C@]5(C)CC[C@H]4C3(C)C)c([N+](=O)[O-])cc2[N+](=O)[O-])CC1. The van der Waals surface area contributed by atoms with Gasteiger partial charge in [-0.3, -0.25) is 39.4 Å². The van der Waals surface area contributed by atoms with Crippen molar-refractivity contribution in [2.75, 3.05) is 44.6 Å². The second-order valence-corrected chi connectivity index (χ2v) is 24.5. The number of hydrogen-bond donors (Lipinski definition) is 5. The molecule has 0 radical (unpaired) electrons. The minimum atomic E-state index is -1.70. The van der Waals surface area contributed by atoms with E-state index in [1.165, 1.54) is 15.6 Å². The van der Waals surface area contributed by atoms with Gasteiger partial charge in [-0.1, -0.05) is 67.0 Å². The Hall–Kier alpha value is -5.27. The largest absolute Gasteiger partial charge is 0.569 e. The standard InChI is InChI=1S/C52H77N7O17/c1-9-40(61)76-56-24-22-55(23-25-56)59(71)54-75-35-26-32(33(57(67)68)27-34(35)58(69)70)53-21-14-41(62)73-39-13-15-49(6)37(48(39,4)5)12-16-51(8)38(49)11-10-30-31-28-47(2,3)17-19-52(31,20-18-50(30,51)7)46(66)74-45-44(65)43(64)42(63)36(29-60)72-45/h10,26-27,31,36-39,42-45,53,60,63-65H,9,11-25,28-29H2,1-8H3/b59-54+/t31-,36+,37-,38+,39-,42-,43-,44+,45-,49-,50+,51+,52-/m0/s1. The Morgan fingerprint density at radius 2 is 1.51 bits per heavy atom. The highest BCUT2D eigenvalue weighted by molar-refractivity contribution is 5.79. The van der Waals surface area contributed by atoms with Gasteiger partial charge in [0.25, 0.3) is 5.69 Å². The zero-order valence-corrected chi connectivity index (χ0v) is 44.9. The van der Waals surface area contributed by atoms with Gasteiger partial charge in [0.05, 0.1) is 59.4 Å². The summed E-state index contributed by atoms with van der Waals surface area (Å²) >= 11 is 0. The van der Waals surface area contributed by atoms with E-state index >= 15 is 0 Å². The lowest BCUT2D eigenvalue weighted by molar-refractivity contribution is -0.710. The number of nitrogens with one attached hydrogen (secondary N) is 1. The van der Waals surface area contributed by atoms with E-state index in [0.717, 1.165) is 51.0 Å². The van der Waals surface area contributed by atoms with Crippen LogP contribution in [-0.4, -0.2) is 139 Å². The van der Waals surface area contributed by atoms with Gasteiger partial charge < -0.3 is 50.0 Å². The number of benzene rings is 1. The van der Waals surface area contributed by atoms with E-state index in [1.807, 2.05) is 0 Å². The van der Waals surface area contributed by atoms with E-state index in [1.54, 1.807) is 6.92 Å². The Kier molecular flexibility index (Phi) is 15.9. The van der Waals surface area contributed by atoms with Crippen molar-refractivity contribution in [2.45, 2.75) is 169 Å². The van der Waals surface area contributed by atoms with Gasteiger partial charge in [0.2, 0.25) is 17.3 Å². The quantitative estimate of drug-likeness (QED) is 0.0335. The van der Waals surface area contributed by atoms with E-state index in [0.29, 0.717) is 25.3 Å². The summed E-state index contributed by atoms with van der Waals surface area (Å²) in [5.74, 6) is -1.72. The number of piperazine rings is 1. The van der Waals surface area contributed by atoms with Gasteiger partial charge in [-0.25, -0.2) is 0 Å². The maximum atomic E-state index is 14.7. The first-order chi connectivity index (χ1) is 35.7. The molecule has 2 saturated heterocycles. The monoisotopic (exact) mass is 1070 g/mol. The molecule has 0 bridgehead atoms. The smallest absolute Gasteiger partial charge is 0.324 e. The number of esters is 2. The number of hydrogen-bond acceptors (Lipinski definition) is 20. The van der Waals surface area contributed by atoms with Crippen LogP contribution >= 0.6 is 0 Å². The highest BCUT2D eigenvalue weighted by atomic mass is 16.7. The Bertz CT molecular complexity index is 2480. The van der Waals surface area contributed by atoms with E-state index in [-0.39, 0.29) is 95.6 Å². The Morgan fingerprint density at radius 3 is 2.17 bits per heavy atom. The number of aliphatic hydroxyl groups is 4. The molecule has 0 aromatic heterocycles. The molecule has 5 N–H and O–H groups in total. The summed E-state index contributed by atoms with van der Waals surface area (Å²) in [4.78, 5) is 72.9. The highest BCUT2D eigenvalue weighted by Crippen LogP contribution is 2.76. The number of rotatable bonds is 15. The Balaban J connectivity index is 0.932. The number of hydroxylamine groups is 2. The summed E-state index contributed by atoms with van der Waals surface area (Å²) in [6, 6.07) is 1.67. The molecule has 8 rings (SSSR count). The second-order valence-electron chi connectivity index (χ2n) is 24.5. The molecular weight excluding hydrogens is 995 g/mol. The number of nitro benzene ring substituents is 2. The molecule has 6 fully saturated rings. The minimum absolute atomic E-state index is 0.0680. The van der Waals surface area contributed by atoms with Crippen LogP contribution in [0.1, 0.15) is 132 Å². The fourth-order valence-corrected chi connectivity index (χ4v) is 15.0. The van der Waals surface area contributed by atoms with Crippen molar-refractivity contribution >= 4 is 35.0 Å². The number of nitro groups is 2. The van der Waals surface area contributed by atoms with Gasteiger partial charge in [-0.15, -0.1) is 10.1 Å². The zero-order valence-electron chi connectivity index (χ0n) is 44.9. The lowest BCUT2D eigenvalue weighted by Crippen LogP contribution is -2.65. The van der Waals surface area contributed by atoms with Crippen molar-refractivity contribution in [1.82, 2.24) is 10.1 Å². The van der Waals surface area contributed by atoms with Crippen molar-refractivity contribution in [3.05, 3.63) is 49.2 Å². The summed E-state index contributed by atoms with van der Waals surface area (Å²) < 4.78 is 17.9. The van der Waals surface area contributed by atoms with Crippen LogP contribution in [-0.2, 0) is 33.4 Å². The first-order valence-electron chi connectivity index (χ1n) is 26.8. The molecule has 0 unspecified atom stereocenters. The lowest BCUT2D eigenvalue weighted by atomic mass is 9.33. The van der Waals surface area contributed by atoms with Crippen LogP contribution in [0.25, 0.3) is 0 Å². The summed E-state index contributed by atoms with van der Waals surface area (Å²) in [5, 5.41) is 87.4. The van der Waals surface area contributed by atoms with Gasteiger partial charge in [-0.05, 0) is 104 Å². The second kappa shape index (κ2) is 21.2. The Labute approximate surface area is 441 Å². The number of nitrogens with zero attached hydrogens (tertiary/aromatic N) is 6. The average molecular weight is 1070 g/mol. The third-order valence-corrected chi connectivity index (χ3v) is 19.6. The first-order valence-corrected chi connectivity index (χ1v) is 26.8. The van der Waals surface area contributed by atoms with Crippen LogP contribution in [0.3, 0.4) is 0 Å². The molecular formula is C52H77N7O17. The molecule has 1 aromatic carbocycles. The number of fused-ring (bicyclic) bond motifs is 7. The number of carbonyl (C=O) groups is 3. The number of hydrazine groups is 1. The van der Waals surface area contributed by atoms with Crippen LogP contribution in [0.5, 0.6) is 5.75 Å². The van der Waals surface area contributed by atoms with Crippen LogP contribution in [0.15, 0.2) is 29.1 Å². The van der Waals surface area contributed by atoms with Crippen LogP contribution in [0, 0.1) is 75.7 Å². The fraction of sp³-hybridized carbons (Fsp3) is 0.788. The summed E-state index contributed by atoms with van der Waals surface area (Å²) in [6.45, 7) is 17.4. The van der Waals surface area contributed by atoms with Crippen LogP contribution < -0.4 is 10.2 Å². The summed E-state index contributed by atoms with van der Waals surface area (Å²) in [7, 11) is 0. The molecule has 0 spiro atoms. The predicted molar refractivity (Wildman–Crippen MR) is 268 cm³/mol. The molecule has 2 aliphatic heterocycles. The van der Waals surface area contributed by atoms with Gasteiger partial charge in [0, 0.05) is 24.4 Å². The number of carbonyl (C=O) groups excluding carboxylic acids is 3. The van der Waals surface area contributed by atoms with Gasteiger partial charge in [0.15, 0.2) is 0 Å². The maximum Gasteiger partial charge on any atom is 0.324 e. The normalized spacial score (nSPS) is 36.9. The lowest BCUT2D eigenvalue weighted by Gasteiger charge is -2.71. The number of aliphatic hydroxyl groups excluding tert-OH is 4. The third kappa shape index (κ3) is 10.1. The van der Waals surface area contributed by atoms with Gasteiger partial charge in [-0.2, -0.15) is 0 Å². The highest BCUT2D eigenvalue weighted by Gasteiger charge is 2.70. The first kappa shape index (κ1) is 56.9. The van der Waals surface area contributed by atoms with Crippen LogP contribution in [0.4, 0.5) is 17.1 Å². The van der Waals surface area contributed by atoms with E-state index < -0.39 is 99.1 Å². The predicted octanol–water partition coefficient (Wildman–Crippen LogP) is 6.02. The fourth-order valence-electron chi connectivity index (χ4n) is 15.0. The summed E-state index contributed by atoms with van der Waals surface area (Å²) in [6.07, 6.45) is 1.66. The van der Waals surface area contributed by atoms with E-state index in [4.69, 9.17) is 23.9 Å². The van der Waals surface area contributed by atoms with Crippen molar-refractivity contribution in [2.24, 2.45) is 55.5 Å². The summed E-state index contributed by atoms with van der Waals surface area (Å²) in [5.41, 5.74) is -2.38. The van der Waals surface area contributed by atoms with Crippen molar-refractivity contribution < 1.29 is 73.5 Å². The van der Waals surface area contributed by atoms with Crippen LogP contribution in [0.2, 0.25) is 0 Å². The molecule has 7 aliphatic rings. The molecule has 2 heterocycles. The van der Waals surface area contributed by atoms with Gasteiger partial charge >= 0.3 is 23.6 Å². The molecule has 422 valence electrons. The minimum Gasteiger partial charge on any atom is -0.569 e. The van der Waals surface area contributed by atoms with Crippen molar-refractivity contribution in [3.63, 3.8) is 0 Å². The molecule has 24 heteroatoms. The van der Waals surface area contributed by atoms with Gasteiger partial charge in [0.1, 0.15) is 42.3 Å². The van der Waals surface area contributed by atoms with E-state index in [2.05, 4.69) is 65.1 Å². The van der Waals surface area contributed by atoms with Crippen molar-refractivity contribution in [1.29, 1.82) is 0 Å². The van der Waals surface area contributed by atoms with Crippen molar-refractivity contribution in [3.8, 4) is 5.75 Å². The third-order valence-electron chi connectivity index (χ3n) is 19.6. The molecule has 0 amide bonds. The number of ether oxygens (including phenoxy) is 3.